The minimum absolute atomic E-state index is 0.00644. The van der Waals surface area contributed by atoms with Gasteiger partial charge in [0.05, 0.1) is 5.92 Å². The number of likely N-dealkylation sites (tertiary alicyclic amines) is 1. The molecule has 3 heteroatoms. The van der Waals surface area contributed by atoms with E-state index in [4.69, 9.17) is 0 Å². The van der Waals surface area contributed by atoms with Gasteiger partial charge >= 0.3 is 0 Å². The Kier molecular flexibility index (Phi) is 3.79. The zero-order valence-electron chi connectivity index (χ0n) is 11.9. The molecule has 1 aliphatic heterocycles. The van der Waals surface area contributed by atoms with Crippen molar-refractivity contribution < 1.29 is 9.59 Å². The average molecular weight is 251 g/mol. The summed E-state index contributed by atoms with van der Waals surface area (Å²) < 4.78 is 0. The van der Waals surface area contributed by atoms with E-state index in [9.17, 15) is 9.59 Å². The van der Waals surface area contributed by atoms with E-state index in [1.54, 1.807) is 0 Å². The lowest BCUT2D eigenvalue weighted by molar-refractivity contribution is -0.146. The van der Waals surface area contributed by atoms with E-state index in [-0.39, 0.29) is 17.6 Å². The van der Waals surface area contributed by atoms with E-state index >= 15 is 0 Å². The molecule has 0 atom stereocenters. The Morgan fingerprint density at radius 1 is 1.33 bits per heavy atom. The van der Waals surface area contributed by atoms with Crippen LogP contribution < -0.4 is 0 Å². The van der Waals surface area contributed by atoms with Gasteiger partial charge in [0.25, 0.3) is 0 Å². The van der Waals surface area contributed by atoms with E-state index in [0.717, 1.165) is 31.8 Å². The summed E-state index contributed by atoms with van der Waals surface area (Å²) >= 11 is 0. The van der Waals surface area contributed by atoms with Crippen molar-refractivity contribution in [3.05, 3.63) is 0 Å². The van der Waals surface area contributed by atoms with Gasteiger partial charge in [0.15, 0.2) is 0 Å². The van der Waals surface area contributed by atoms with Crippen molar-refractivity contribution >= 4 is 11.7 Å². The first kappa shape index (κ1) is 13.6. The molecule has 1 saturated heterocycles. The summed E-state index contributed by atoms with van der Waals surface area (Å²) in [5, 5.41) is 0. The second-order valence-corrected chi connectivity index (χ2v) is 6.88. The summed E-state index contributed by atoms with van der Waals surface area (Å²) in [6, 6.07) is 0. The molecule has 2 fully saturated rings. The maximum absolute atomic E-state index is 12.1. The van der Waals surface area contributed by atoms with Crippen LogP contribution in [0.25, 0.3) is 0 Å². The molecule has 2 rings (SSSR count). The highest BCUT2D eigenvalue weighted by Crippen LogP contribution is 2.38. The molecule has 0 bridgehead atoms. The monoisotopic (exact) mass is 251 g/mol. The van der Waals surface area contributed by atoms with E-state index in [1.807, 2.05) is 4.90 Å². The summed E-state index contributed by atoms with van der Waals surface area (Å²) in [5.41, 5.74) is 0.403. The number of carbonyl (C=O) groups is 2. The lowest BCUT2D eigenvalue weighted by Gasteiger charge is -2.42. The van der Waals surface area contributed by atoms with Gasteiger partial charge in [0.1, 0.15) is 5.78 Å². The second kappa shape index (κ2) is 5.02. The Hall–Kier alpha value is -0.860. The van der Waals surface area contributed by atoms with Gasteiger partial charge in [-0.1, -0.05) is 20.8 Å². The van der Waals surface area contributed by atoms with Gasteiger partial charge in [-0.3, -0.25) is 9.59 Å². The van der Waals surface area contributed by atoms with Gasteiger partial charge in [0, 0.05) is 25.9 Å². The number of carbonyl (C=O) groups excluding carboxylic acids is 2. The topological polar surface area (TPSA) is 37.4 Å². The molecular formula is C15H25NO2. The van der Waals surface area contributed by atoms with Gasteiger partial charge in [-0.05, 0) is 30.6 Å². The number of nitrogens with zero attached hydrogens (tertiary/aromatic N) is 1. The van der Waals surface area contributed by atoms with Crippen molar-refractivity contribution in [1.29, 1.82) is 0 Å². The molecule has 0 aromatic carbocycles. The maximum Gasteiger partial charge on any atom is 0.226 e. The third-order valence-electron chi connectivity index (χ3n) is 4.48. The van der Waals surface area contributed by atoms with Crippen LogP contribution in [-0.2, 0) is 9.59 Å². The van der Waals surface area contributed by atoms with E-state index < -0.39 is 0 Å². The standard InChI is InChI=1S/C15H25NO2/c1-11(2)10-15(3)4-6-16(7-5-15)14(18)12-8-13(17)9-12/h11-12H,4-10H2,1-3H3. The molecule has 1 saturated carbocycles. The molecule has 0 unspecified atom stereocenters. The fourth-order valence-corrected chi connectivity index (χ4v) is 3.38. The molecule has 0 radical (unpaired) electrons. The van der Waals surface area contributed by atoms with Gasteiger partial charge in [0.2, 0.25) is 5.91 Å². The molecular weight excluding hydrogens is 226 g/mol. The van der Waals surface area contributed by atoms with Crippen LogP contribution in [0.5, 0.6) is 0 Å². The molecule has 18 heavy (non-hydrogen) atoms. The van der Waals surface area contributed by atoms with E-state index in [2.05, 4.69) is 20.8 Å². The Morgan fingerprint density at radius 3 is 2.33 bits per heavy atom. The first-order chi connectivity index (χ1) is 8.39. The Labute approximate surface area is 110 Å². The smallest absolute Gasteiger partial charge is 0.226 e. The van der Waals surface area contributed by atoms with Crippen LogP contribution in [0.1, 0.15) is 52.9 Å². The highest BCUT2D eigenvalue weighted by molar-refractivity contribution is 5.96. The first-order valence-electron chi connectivity index (χ1n) is 7.20. The quantitative estimate of drug-likeness (QED) is 0.773. The van der Waals surface area contributed by atoms with Crippen LogP contribution in [0.2, 0.25) is 0 Å². The number of hydrogen-bond acceptors (Lipinski definition) is 2. The Bertz CT molecular complexity index is 332. The van der Waals surface area contributed by atoms with Crippen LogP contribution in [0.4, 0.5) is 0 Å². The van der Waals surface area contributed by atoms with E-state index in [1.165, 1.54) is 6.42 Å². The highest BCUT2D eigenvalue weighted by Gasteiger charge is 2.38. The zero-order chi connectivity index (χ0) is 13.3. The van der Waals surface area contributed by atoms with Gasteiger partial charge in [-0.15, -0.1) is 0 Å². The largest absolute Gasteiger partial charge is 0.342 e. The molecule has 1 aliphatic carbocycles. The van der Waals surface area contributed by atoms with Gasteiger partial charge in [-0.2, -0.15) is 0 Å². The molecule has 0 aromatic rings. The van der Waals surface area contributed by atoms with Crippen molar-refractivity contribution in [2.75, 3.05) is 13.1 Å². The number of ketones is 1. The minimum Gasteiger partial charge on any atom is -0.342 e. The van der Waals surface area contributed by atoms with Crippen molar-refractivity contribution in [2.24, 2.45) is 17.3 Å². The number of hydrogen-bond donors (Lipinski definition) is 0. The third-order valence-corrected chi connectivity index (χ3v) is 4.48. The lowest BCUT2D eigenvalue weighted by atomic mass is 9.74. The molecule has 1 heterocycles. The van der Waals surface area contributed by atoms with Crippen LogP contribution in [0.15, 0.2) is 0 Å². The van der Waals surface area contributed by atoms with Crippen molar-refractivity contribution in [1.82, 2.24) is 4.90 Å². The second-order valence-electron chi connectivity index (χ2n) is 6.88. The Morgan fingerprint density at radius 2 is 1.89 bits per heavy atom. The van der Waals surface area contributed by atoms with Crippen LogP contribution in [-0.4, -0.2) is 29.7 Å². The molecule has 3 nitrogen and oxygen atoms in total. The number of rotatable bonds is 3. The van der Waals surface area contributed by atoms with Gasteiger partial charge in [-0.25, -0.2) is 0 Å². The molecule has 0 spiro atoms. The first-order valence-corrected chi connectivity index (χ1v) is 7.20. The highest BCUT2D eigenvalue weighted by atomic mass is 16.2. The number of amides is 1. The SMILES string of the molecule is CC(C)CC1(C)CCN(C(=O)C2CC(=O)C2)CC1. The number of Topliss-reactive ketones (excluding diaryl/α,β-unsaturated/α-hetero) is 1. The summed E-state index contributed by atoms with van der Waals surface area (Å²) in [4.78, 5) is 25.1. The summed E-state index contributed by atoms with van der Waals surface area (Å²) in [5.74, 6) is 1.20. The summed E-state index contributed by atoms with van der Waals surface area (Å²) in [6.07, 6.45) is 4.43. The normalized spacial score (nSPS) is 24.2. The molecule has 0 aromatic heterocycles. The Balaban J connectivity index is 1.82. The van der Waals surface area contributed by atoms with Gasteiger partial charge < -0.3 is 4.90 Å². The maximum atomic E-state index is 12.1. The lowest BCUT2D eigenvalue weighted by Crippen LogP contribution is -2.47. The van der Waals surface area contributed by atoms with Crippen LogP contribution in [0, 0.1) is 17.3 Å². The minimum atomic E-state index is 0.00644. The summed E-state index contributed by atoms with van der Waals surface area (Å²) in [7, 11) is 0. The zero-order valence-corrected chi connectivity index (χ0v) is 11.9. The van der Waals surface area contributed by atoms with E-state index in [0.29, 0.717) is 18.3 Å². The summed E-state index contributed by atoms with van der Waals surface area (Å²) in [6.45, 7) is 8.65. The molecule has 0 N–H and O–H groups in total. The third kappa shape index (κ3) is 2.93. The van der Waals surface area contributed by atoms with Crippen molar-refractivity contribution in [3.63, 3.8) is 0 Å². The van der Waals surface area contributed by atoms with Crippen LogP contribution >= 0.6 is 0 Å². The fraction of sp³-hybridized carbons (Fsp3) is 0.867. The van der Waals surface area contributed by atoms with Crippen LogP contribution in [0.3, 0.4) is 0 Å². The fourth-order valence-electron chi connectivity index (χ4n) is 3.38. The average Bonchev–Trinajstić information content (AvgIpc) is 2.23. The number of piperidine rings is 1. The predicted octanol–water partition coefficient (Wildman–Crippen LogP) is 2.64. The molecule has 2 aliphatic rings. The molecule has 1 amide bonds. The van der Waals surface area contributed by atoms with Crippen molar-refractivity contribution in [3.8, 4) is 0 Å². The predicted molar refractivity (Wildman–Crippen MR) is 71.1 cm³/mol. The molecule has 102 valence electrons. The van der Waals surface area contributed by atoms with Crippen molar-refractivity contribution in [2.45, 2.75) is 52.9 Å².